The number of hydrogen-bond donors (Lipinski definition) is 3. The topological polar surface area (TPSA) is 58.3 Å². The second-order valence-electron chi connectivity index (χ2n) is 6.29. The Morgan fingerprint density at radius 2 is 2.00 bits per heavy atom. The van der Waals surface area contributed by atoms with Crippen LogP contribution in [0.1, 0.15) is 37.5 Å². The van der Waals surface area contributed by atoms with E-state index < -0.39 is 0 Å². The largest absolute Gasteiger partial charge is 0.395 e. The predicted octanol–water partition coefficient (Wildman–Crippen LogP) is 1.74. The summed E-state index contributed by atoms with van der Waals surface area (Å²) in [4.78, 5) is 0. The molecule has 0 saturated carbocycles. The molecule has 0 fully saturated rings. The molecule has 0 spiro atoms. The number of rotatable bonds is 6. The number of aliphatic hydroxyl groups is 1. The van der Waals surface area contributed by atoms with E-state index in [9.17, 15) is 0 Å². The zero-order valence-electron chi connectivity index (χ0n) is 12.7. The van der Waals surface area contributed by atoms with Gasteiger partial charge in [0, 0.05) is 12.6 Å². The van der Waals surface area contributed by atoms with E-state index in [-0.39, 0.29) is 18.1 Å². The predicted molar refractivity (Wildman–Crippen MR) is 81.5 cm³/mol. The quantitative estimate of drug-likeness (QED) is 0.686. The van der Waals surface area contributed by atoms with E-state index >= 15 is 0 Å². The smallest absolute Gasteiger partial charge is 0.0594 e. The molecule has 19 heavy (non-hydrogen) atoms. The summed E-state index contributed by atoms with van der Waals surface area (Å²) in [5.41, 5.74) is 9.94. The summed E-state index contributed by atoms with van der Waals surface area (Å²) >= 11 is 0. The zero-order chi connectivity index (χ0) is 14.5. The van der Waals surface area contributed by atoms with E-state index in [2.05, 4.69) is 51.2 Å². The van der Waals surface area contributed by atoms with E-state index in [0.717, 1.165) is 13.0 Å². The fourth-order valence-electron chi connectivity index (χ4n) is 1.98. The van der Waals surface area contributed by atoms with Gasteiger partial charge in [-0.1, -0.05) is 39.0 Å². The lowest BCUT2D eigenvalue weighted by molar-refractivity contribution is 0.262. The molecular formula is C16H28N2O. The van der Waals surface area contributed by atoms with E-state index in [1.807, 2.05) is 0 Å². The summed E-state index contributed by atoms with van der Waals surface area (Å²) in [7, 11) is 0. The molecule has 1 unspecified atom stereocenters. The van der Waals surface area contributed by atoms with E-state index in [1.54, 1.807) is 0 Å². The van der Waals surface area contributed by atoms with Gasteiger partial charge in [0.25, 0.3) is 0 Å². The first-order valence-corrected chi connectivity index (χ1v) is 7.01. The first kappa shape index (κ1) is 16.2. The van der Waals surface area contributed by atoms with Crippen molar-refractivity contribution in [3.8, 4) is 0 Å². The molecule has 0 bridgehead atoms. The van der Waals surface area contributed by atoms with Gasteiger partial charge >= 0.3 is 0 Å². The number of aryl methyl sites for hydroxylation is 1. The summed E-state index contributed by atoms with van der Waals surface area (Å²) in [6.45, 7) is 10.4. The molecule has 0 saturated heterocycles. The lowest BCUT2D eigenvalue weighted by Gasteiger charge is -2.21. The summed E-state index contributed by atoms with van der Waals surface area (Å²) in [5, 5.41) is 12.1. The normalized spacial score (nSPS) is 13.6. The van der Waals surface area contributed by atoms with Crippen molar-refractivity contribution >= 4 is 0 Å². The third-order valence-corrected chi connectivity index (χ3v) is 3.43. The second kappa shape index (κ2) is 7.04. The highest BCUT2D eigenvalue weighted by atomic mass is 16.3. The monoisotopic (exact) mass is 264 g/mol. The van der Waals surface area contributed by atoms with Crippen molar-refractivity contribution in [2.45, 2.75) is 45.6 Å². The first-order valence-electron chi connectivity index (χ1n) is 7.01. The standard InChI is InChI=1S/C16H28N2O/c1-12-5-6-14(16(2,3)4)9-13(12)7-8-18-10-15(17)11-19/h5-6,9,15,18-19H,7-8,10-11,17H2,1-4H3. The fraction of sp³-hybridized carbons (Fsp3) is 0.625. The molecule has 108 valence electrons. The lowest BCUT2D eigenvalue weighted by Crippen LogP contribution is -2.37. The Morgan fingerprint density at radius 3 is 2.58 bits per heavy atom. The first-order chi connectivity index (χ1) is 8.84. The van der Waals surface area contributed by atoms with Crippen molar-refractivity contribution in [1.82, 2.24) is 5.32 Å². The minimum atomic E-state index is -0.165. The van der Waals surface area contributed by atoms with Crippen LogP contribution >= 0.6 is 0 Å². The number of hydrogen-bond acceptors (Lipinski definition) is 3. The maximum atomic E-state index is 8.86. The van der Waals surface area contributed by atoms with Crippen molar-refractivity contribution in [3.63, 3.8) is 0 Å². The maximum absolute atomic E-state index is 8.86. The molecule has 3 nitrogen and oxygen atoms in total. The van der Waals surface area contributed by atoms with Crippen LogP contribution < -0.4 is 11.1 Å². The van der Waals surface area contributed by atoms with Crippen molar-refractivity contribution < 1.29 is 5.11 Å². The lowest BCUT2D eigenvalue weighted by atomic mass is 9.85. The van der Waals surface area contributed by atoms with Crippen LogP contribution in [-0.2, 0) is 11.8 Å². The van der Waals surface area contributed by atoms with Gasteiger partial charge in [0.2, 0.25) is 0 Å². The molecule has 1 aromatic rings. The molecule has 0 aliphatic heterocycles. The number of nitrogens with two attached hydrogens (primary N) is 1. The van der Waals surface area contributed by atoms with Gasteiger partial charge in [-0.25, -0.2) is 0 Å². The van der Waals surface area contributed by atoms with Gasteiger partial charge < -0.3 is 16.2 Å². The number of benzene rings is 1. The molecule has 0 radical (unpaired) electrons. The molecule has 0 aliphatic rings. The van der Waals surface area contributed by atoms with Gasteiger partial charge in [-0.3, -0.25) is 0 Å². The second-order valence-corrected chi connectivity index (χ2v) is 6.29. The van der Waals surface area contributed by atoms with E-state index in [1.165, 1.54) is 16.7 Å². The van der Waals surface area contributed by atoms with Gasteiger partial charge in [-0.2, -0.15) is 0 Å². The highest BCUT2D eigenvalue weighted by Gasteiger charge is 2.14. The summed E-state index contributed by atoms with van der Waals surface area (Å²) < 4.78 is 0. The Balaban J connectivity index is 2.58. The van der Waals surface area contributed by atoms with Crippen LogP contribution in [-0.4, -0.2) is 30.8 Å². The summed E-state index contributed by atoms with van der Waals surface area (Å²) in [5.74, 6) is 0. The van der Waals surface area contributed by atoms with Crippen LogP contribution in [0, 0.1) is 6.92 Å². The van der Waals surface area contributed by atoms with Crippen LogP contribution in [0.2, 0.25) is 0 Å². The number of aliphatic hydroxyl groups excluding tert-OH is 1. The molecule has 0 aliphatic carbocycles. The van der Waals surface area contributed by atoms with Gasteiger partial charge in [-0.15, -0.1) is 0 Å². The SMILES string of the molecule is Cc1ccc(C(C)(C)C)cc1CCNCC(N)CO. The van der Waals surface area contributed by atoms with Crippen molar-refractivity contribution in [2.24, 2.45) is 5.73 Å². The van der Waals surface area contributed by atoms with Gasteiger partial charge in [0.1, 0.15) is 0 Å². The average Bonchev–Trinajstić information content (AvgIpc) is 2.34. The van der Waals surface area contributed by atoms with Gasteiger partial charge in [0.15, 0.2) is 0 Å². The molecule has 0 heterocycles. The van der Waals surface area contributed by atoms with Crippen LogP contribution in [0.5, 0.6) is 0 Å². The summed E-state index contributed by atoms with van der Waals surface area (Å²) in [6, 6.07) is 6.56. The molecule has 0 aromatic heterocycles. The highest BCUT2D eigenvalue weighted by Crippen LogP contribution is 2.24. The minimum Gasteiger partial charge on any atom is -0.395 e. The minimum absolute atomic E-state index is 0.0333. The Labute approximate surface area is 117 Å². The Morgan fingerprint density at radius 1 is 1.32 bits per heavy atom. The molecule has 1 atom stereocenters. The van der Waals surface area contributed by atoms with Gasteiger partial charge in [0.05, 0.1) is 6.61 Å². The third-order valence-electron chi connectivity index (χ3n) is 3.43. The van der Waals surface area contributed by atoms with Gasteiger partial charge in [-0.05, 0) is 42.0 Å². The van der Waals surface area contributed by atoms with Crippen molar-refractivity contribution in [3.05, 3.63) is 34.9 Å². The fourth-order valence-corrected chi connectivity index (χ4v) is 1.98. The highest BCUT2D eigenvalue weighted by molar-refractivity contribution is 5.34. The average molecular weight is 264 g/mol. The summed E-state index contributed by atoms with van der Waals surface area (Å²) in [6.07, 6.45) is 0.994. The van der Waals surface area contributed by atoms with Crippen LogP contribution in [0.3, 0.4) is 0 Å². The zero-order valence-corrected chi connectivity index (χ0v) is 12.7. The molecule has 3 heteroatoms. The van der Waals surface area contributed by atoms with Crippen LogP contribution in [0.4, 0.5) is 0 Å². The van der Waals surface area contributed by atoms with Crippen LogP contribution in [0.25, 0.3) is 0 Å². The van der Waals surface area contributed by atoms with Crippen molar-refractivity contribution in [2.75, 3.05) is 19.7 Å². The molecule has 1 rings (SSSR count). The maximum Gasteiger partial charge on any atom is 0.0594 e. The van der Waals surface area contributed by atoms with E-state index in [0.29, 0.717) is 6.54 Å². The van der Waals surface area contributed by atoms with Crippen LogP contribution in [0.15, 0.2) is 18.2 Å². The molecular weight excluding hydrogens is 236 g/mol. The Bertz CT molecular complexity index is 396. The number of nitrogens with one attached hydrogen (secondary N) is 1. The molecule has 0 amide bonds. The molecule has 4 N–H and O–H groups in total. The Hall–Kier alpha value is -0.900. The Kier molecular flexibility index (Phi) is 5.98. The third kappa shape index (κ3) is 5.31. The molecule has 1 aromatic carbocycles. The van der Waals surface area contributed by atoms with Crippen molar-refractivity contribution in [1.29, 1.82) is 0 Å². The van der Waals surface area contributed by atoms with E-state index in [4.69, 9.17) is 10.8 Å².